The molecule has 3 atom stereocenters. The molecule has 1 aromatic carbocycles. The third-order valence-electron chi connectivity index (χ3n) is 7.67. The van der Waals surface area contributed by atoms with Gasteiger partial charge in [-0.3, -0.25) is 9.59 Å². The van der Waals surface area contributed by atoms with Crippen LogP contribution in [0.3, 0.4) is 0 Å². The summed E-state index contributed by atoms with van der Waals surface area (Å²) in [6, 6.07) is 3.40. The number of hydrogen-bond acceptors (Lipinski definition) is 3. The van der Waals surface area contributed by atoms with E-state index in [-0.39, 0.29) is 46.3 Å². The Labute approximate surface area is 212 Å². The highest BCUT2D eigenvalue weighted by atomic mass is 35.5. The third kappa shape index (κ3) is 4.72. The molecular formula is C25H27Cl2F3N2O3. The van der Waals surface area contributed by atoms with Gasteiger partial charge in [-0.15, -0.1) is 0 Å². The topological polar surface area (TPSA) is 58.6 Å². The first-order valence-corrected chi connectivity index (χ1v) is 12.3. The number of methoxy groups -OCH3 is 1. The molecule has 1 aliphatic carbocycles. The number of allylic oxidation sites excluding steroid dienone is 4. The van der Waals surface area contributed by atoms with Crippen LogP contribution in [0.25, 0.3) is 0 Å². The minimum absolute atomic E-state index is 0.0331. The summed E-state index contributed by atoms with van der Waals surface area (Å²) in [5.74, 6) is -0.908. The normalized spacial score (nSPS) is 25.9. The molecule has 2 amide bonds. The molecule has 2 fully saturated rings. The fraction of sp³-hybridized carbons (Fsp3) is 0.520. The van der Waals surface area contributed by atoms with Crippen molar-refractivity contribution < 1.29 is 27.5 Å². The SMILES string of the molecule is COC(C(=O)N1CCC2(CC1)CC(=O)NC[C@H]2C1C=CC=CC1)(c1cc(Cl)cc(Cl)c1)C(F)(F)F. The molecule has 1 aromatic rings. The van der Waals surface area contributed by atoms with Crippen molar-refractivity contribution in [3.8, 4) is 0 Å². The molecule has 0 bridgehead atoms. The van der Waals surface area contributed by atoms with Crippen molar-refractivity contribution in [2.45, 2.75) is 37.5 Å². The molecule has 190 valence electrons. The Bertz CT molecular complexity index is 1030. The van der Waals surface area contributed by atoms with Gasteiger partial charge >= 0.3 is 6.18 Å². The van der Waals surface area contributed by atoms with E-state index in [9.17, 15) is 22.8 Å². The molecule has 4 rings (SSSR count). The van der Waals surface area contributed by atoms with Crippen molar-refractivity contribution in [2.24, 2.45) is 17.3 Å². The maximum Gasteiger partial charge on any atom is 0.430 e. The van der Waals surface area contributed by atoms with Crippen LogP contribution in [-0.4, -0.2) is 49.6 Å². The van der Waals surface area contributed by atoms with Gasteiger partial charge in [-0.05, 0) is 54.7 Å². The molecule has 0 saturated carbocycles. The second kappa shape index (κ2) is 9.79. The molecule has 2 heterocycles. The van der Waals surface area contributed by atoms with E-state index in [2.05, 4.69) is 17.5 Å². The van der Waals surface area contributed by atoms with E-state index in [4.69, 9.17) is 27.9 Å². The number of carbonyl (C=O) groups is 2. The zero-order valence-electron chi connectivity index (χ0n) is 19.2. The maximum absolute atomic E-state index is 14.5. The van der Waals surface area contributed by atoms with Gasteiger partial charge in [0.25, 0.3) is 11.5 Å². The largest absolute Gasteiger partial charge is 0.430 e. The van der Waals surface area contributed by atoms with Gasteiger partial charge in [0.1, 0.15) is 0 Å². The fourth-order valence-electron chi connectivity index (χ4n) is 5.87. The predicted octanol–water partition coefficient (Wildman–Crippen LogP) is 5.27. The first-order chi connectivity index (χ1) is 16.5. The summed E-state index contributed by atoms with van der Waals surface area (Å²) in [5, 5.41) is 2.88. The molecule has 1 spiro atoms. The number of rotatable bonds is 4. The van der Waals surface area contributed by atoms with Crippen LogP contribution < -0.4 is 5.32 Å². The van der Waals surface area contributed by atoms with Crippen LogP contribution in [0.2, 0.25) is 10.0 Å². The van der Waals surface area contributed by atoms with Crippen LogP contribution in [0.4, 0.5) is 13.2 Å². The van der Waals surface area contributed by atoms with Gasteiger partial charge < -0.3 is 15.0 Å². The molecule has 5 nitrogen and oxygen atoms in total. The minimum Gasteiger partial charge on any atom is -0.356 e. The van der Waals surface area contributed by atoms with E-state index in [0.29, 0.717) is 25.8 Å². The van der Waals surface area contributed by atoms with Gasteiger partial charge in [0, 0.05) is 48.8 Å². The van der Waals surface area contributed by atoms with E-state index < -0.39 is 23.2 Å². The number of halogens is 5. The molecule has 1 N–H and O–H groups in total. The van der Waals surface area contributed by atoms with Gasteiger partial charge in [0.15, 0.2) is 0 Å². The molecule has 2 unspecified atom stereocenters. The van der Waals surface area contributed by atoms with E-state index in [1.54, 1.807) is 0 Å². The molecule has 0 aromatic heterocycles. The molecule has 10 heteroatoms. The summed E-state index contributed by atoms with van der Waals surface area (Å²) in [7, 11) is 0.857. The van der Waals surface area contributed by atoms with Crippen LogP contribution in [0.15, 0.2) is 42.5 Å². The highest BCUT2D eigenvalue weighted by molar-refractivity contribution is 6.34. The Kier molecular flexibility index (Phi) is 7.28. The Morgan fingerprint density at radius 3 is 2.34 bits per heavy atom. The number of nitrogens with one attached hydrogen (secondary N) is 1. The lowest BCUT2D eigenvalue weighted by molar-refractivity contribution is -0.271. The van der Waals surface area contributed by atoms with Crippen molar-refractivity contribution >= 4 is 35.0 Å². The molecule has 3 aliphatic rings. The number of nitrogens with zero attached hydrogens (tertiary/aromatic N) is 1. The molecule has 0 radical (unpaired) electrons. The monoisotopic (exact) mass is 530 g/mol. The summed E-state index contributed by atoms with van der Waals surface area (Å²) in [6.45, 7) is 0.690. The van der Waals surface area contributed by atoms with Gasteiger partial charge in [0.05, 0.1) is 0 Å². The quantitative estimate of drug-likeness (QED) is 0.576. The lowest BCUT2D eigenvalue weighted by Gasteiger charge is -2.52. The highest BCUT2D eigenvalue weighted by Crippen LogP contribution is 2.50. The molecule has 2 aliphatic heterocycles. The lowest BCUT2D eigenvalue weighted by atomic mass is 9.60. The van der Waals surface area contributed by atoms with Gasteiger partial charge in [0.2, 0.25) is 5.91 Å². The Morgan fingerprint density at radius 2 is 1.80 bits per heavy atom. The first kappa shape index (κ1) is 26.0. The average Bonchev–Trinajstić information content (AvgIpc) is 2.79. The number of alkyl halides is 3. The van der Waals surface area contributed by atoms with Crippen LogP contribution >= 0.6 is 23.2 Å². The third-order valence-corrected chi connectivity index (χ3v) is 8.11. The predicted molar refractivity (Wildman–Crippen MR) is 127 cm³/mol. The maximum atomic E-state index is 14.5. The van der Waals surface area contributed by atoms with Crippen LogP contribution in [0.5, 0.6) is 0 Å². The van der Waals surface area contributed by atoms with E-state index in [1.807, 2.05) is 12.2 Å². The average molecular weight is 531 g/mol. The Balaban J connectivity index is 1.62. The molecule has 2 saturated heterocycles. The summed E-state index contributed by atoms with van der Waals surface area (Å²) in [5.41, 5.74) is -4.09. The molecular weight excluding hydrogens is 504 g/mol. The van der Waals surface area contributed by atoms with Gasteiger partial charge in [-0.2, -0.15) is 13.2 Å². The summed E-state index contributed by atoms with van der Waals surface area (Å²) in [6.07, 6.45) is 5.12. The first-order valence-electron chi connectivity index (χ1n) is 11.5. The Hall–Kier alpha value is -2.03. The van der Waals surface area contributed by atoms with Crippen molar-refractivity contribution in [3.05, 3.63) is 58.1 Å². The number of piperidine rings is 2. The number of hydrogen-bond donors (Lipinski definition) is 1. The second-order valence-corrected chi connectivity index (χ2v) is 10.4. The van der Waals surface area contributed by atoms with Crippen molar-refractivity contribution in [2.75, 3.05) is 26.7 Å². The van der Waals surface area contributed by atoms with E-state index in [1.165, 1.54) is 11.0 Å². The summed E-state index contributed by atoms with van der Waals surface area (Å²) < 4.78 is 48.5. The number of benzene rings is 1. The second-order valence-electron chi connectivity index (χ2n) is 9.50. The van der Waals surface area contributed by atoms with Crippen LogP contribution in [0, 0.1) is 17.3 Å². The van der Waals surface area contributed by atoms with Gasteiger partial charge in [-0.25, -0.2) is 0 Å². The lowest BCUT2D eigenvalue weighted by Crippen LogP contribution is -2.61. The van der Waals surface area contributed by atoms with Crippen LogP contribution in [0.1, 0.15) is 31.2 Å². The number of likely N-dealkylation sites (tertiary alicyclic amines) is 1. The zero-order chi connectivity index (χ0) is 25.4. The van der Waals surface area contributed by atoms with E-state index >= 15 is 0 Å². The number of ether oxygens (including phenoxy) is 1. The number of carbonyl (C=O) groups excluding carboxylic acids is 2. The Morgan fingerprint density at radius 1 is 1.14 bits per heavy atom. The van der Waals surface area contributed by atoms with Gasteiger partial charge in [-0.1, -0.05) is 47.5 Å². The smallest absolute Gasteiger partial charge is 0.356 e. The van der Waals surface area contributed by atoms with E-state index in [0.717, 1.165) is 25.7 Å². The zero-order valence-corrected chi connectivity index (χ0v) is 20.7. The van der Waals surface area contributed by atoms with Crippen molar-refractivity contribution in [1.29, 1.82) is 0 Å². The molecule has 35 heavy (non-hydrogen) atoms. The summed E-state index contributed by atoms with van der Waals surface area (Å²) in [4.78, 5) is 27.1. The highest BCUT2D eigenvalue weighted by Gasteiger charge is 2.64. The minimum atomic E-state index is -5.06. The van der Waals surface area contributed by atoms with Crippen molar-refractivity contribution in [3.63, 3.8) is 0 Å². The van der Waals surface area contributed by atoms with Crippen molar-refractivity contribution in [1.82, 2.24) is 10.2 Å². The summed E-state index contributed by atoms with van der Waals surface area (Å²) >= 11 is 11.9. The number of amides is 2. The van der Waals surface area contributed by atoms with Crippen LogP contribution in [-0.2, 0) is 19.9 Å². The fourth-order valence-corrected chi connectivity index (χ4v) is 6.40. The standard InChI is InChI=1S/C25H27Cl2F3N2O3/c1-35-24(25(28,29)30,17-11-18(26)13-19(27)12-17)22(34)32-9-7-23(8-10-32)14-21(33)31-15-20(23)16-5-3-2-4-6-16/h2-5,11-13,16,20H,6-10,14-15H2,1H3,(H,31,33)/t16?,20-,24?/m0/s1.